The summed E-state index contributed by atoms with van der Waals surface area (Å²) in [6, 6.07) is 16.5. The van der Waals surface area contributed by atoms with E-state index in [4.69, 9.17) is 10.5 Å². The van der Waals surface area contributed by atoms with Crippen molar-refractivity contribution < 1.29 is 9.53 Å². The summed E-state index contributed by atoms with van der Waals surface area (Å²) in [6.07, 6.45) is 5.80. The molecule has 1 unspecified atom stereocenters. The van der Waals surface area contributed by atoms with E-state index < -0.39 is 0 Å². The van der Waals surface area contributed by atoms with Crippen LogP contribution in [0.15, 0.2) is 48.5 Å². The molecule has 28 heavy (non-hydrogen) atoms. The molecule has 4 nitrogen and oxygen atoms in total. The number of amides is 1. The van der Waals surface area contributed by atoms with Gasteiger partial charge in [0.1, 0.15) is 5.75 Å². The van der Waals surface area contributed by atoms with Crippen LogP contribution in [0.4, 0.5) is 0 Å². The lowest BCUT2D eigenvalue weighted by atomic mass is 9.94. The third kappa shape index (κ3) is 4.68. The molecule has 1 saturated carbocycles. The molecule has 0 saturated heterocycles. The molecule has 0 bridgehead atoms. The Balaban J connectivity index is 0.00000225. The second-order valence-corrected chi connectivity index (χ2v) is 7.79. The van der Waals surface area contributed by atoms with Gasteiger partial charge in [0.25, 0.3) is 0 Å². The Morgan fingerprint density at radius 1 is 1.11 bits per heavy atom. The largest absolute Gasteiger partial charge is 0.493 e. The number of rotatable bonds is 5. The number of nitrogens with one attached hydrogen (secondary N) is 1. The fourth-order valence-electron chi connectivity index (χ4n) is 4.34. The van der Waals surface area contributed by atoms with Gasteiger partial charge in [-0.05, 0) is 60.4 Å². The molecule has 2 aliphatic rings. The Bertz CT molecular complexity index is 796. The van der Waals surface area contributed by atoms with Crippen molar-refractivity contribution in [2.75, 3.05) is 6.61 Å². The van der Waals surface area contributed by atoms with Gasteiger partial charge in [0.2, 0.25) is 5.91 Å². The summed E-state index contributed by atoms with van der Waals surface area (Å²) in [5, 5.41) is 3.27. The highest BCUT2D eigenvalue weighted by Gasteiger charge is 2.27. The van der Waals surface area contributed by atoms with Gasteiger partial charge in [0.15, 0.2) is 0 Å². The molecule has 3 atom stereocenters. The zero-order valence-electron chi connectivity index (χ0n) is 16.1. The minimum Gasteiger partial charge on any atom is -0.493 e. The molecule has 2 aromatic rings. The first-order valence-corrected chi connectivity index (χ1v) is 10.1. The van der Waals surface area contributed by atoms with Gasteiger partial charge in [-0.2, -0.15) is 0 Å². The van der Waals surface area contributed by atoms with E-state index in [9.17, 15) is 4.79 Å². The van der Waals surface area contributed by atoms with Crippen molar-refractivity contribution in [1.82, 2.24) is 5.32 Å². The summed E-state index contributed by atoms with van der Waals surface area (Å²) in [5.41, 5.74) is 9.59. The van der Waals surface area contributed by atoms with Crippen LogP contribution in [-0.2, 0) is 11.2 Å². The van der Waals surface area contributed by atoms with E-state index in [-0.39, 0.29) is 30.4 Å². The molecule has 1 aliphatic heterocycles. The number of benzene rings is 2. The van der Waals surface area contributed by atoms with E-state index >= 15 is 0 Å². The number of carbonyl (C=O) groups is 1. The molecule has 1 aliphatic carbocycles. The van der Waals surface area contributed by atoms with Gasteiger partial charge >= 0.3 is 0 Å². The molecule has 1 amide bonds. The van der Waals surface area contributed by atoms with Crippen LogP contribution in [0.25, 0.3) is 0 Å². The topological polar surface area (TPSA) is 64.4 Å². The SMILES string of the molecule is Cl.N[C@@H]1CCC[C@H]1CC(=O)NC(c1ccccc1)c1ccc2c(c1)CCCO2. The molecule has 1 fully saturated rings. The first-order valence-electron chi connectivity index (χ1n) is 10.1. The molecule has 0 spiro atoms. The second-order valence-electron chi connectivity index (χ2n) is 7.79. The van der Waals surface area contributed by atoms with E-state index in [0.29, 0.717) is 12.3 Å². The van der Waals surface area contributed by atoms with Crippen LogP contribution in [0.3, 0.4) is 0 Å². The van der Waals surface area contributed by atoms with Gasteiger partial charge in [0.05, 0.1) is 12.6 Å². The van der Waals surface area contributed by atoms with E-state index in [0.717, 1.165) is 55.6 Å². The highest BCUT2D eigenvalue weighted by Crippen LogP contribution is 2.31. The third-order valence-electron chi connectivity index (χ3n) is 5.87. The number of halogens is 1. The average Bonchev–Trinajstić information content (AvgIpc) is 3.11. The summed E-state index contributed by atoms with van der Waals surface area (Å²) in [4.78, 5) is 12.8. The molecule has 4 rings (SSSR count). The van der Waals surface area contributed by atoms with Crippen LogP contribution in [0, 0.1) is 5.92 Å². The Kier molecular flexibility index (Phi) is 6.97. The Morgan fingerprint density at radius 2 is 1.93 bits per heavy atom. The van der Waals surface area contributed by atoms with Crippen molar-refractivity contribution in [1.29, 1.82) is 0 Å². The highest BCUT2D eigenvalue weighted by atomic mass is 35.5. The quantitative estimate of drug-likeness (QED) is 0.792. The number of ether oxygens (including phenoxy) is 1. The first kappa shape index (κ1) is 20.7. The van der Waals surface area contributed by atoms with Crippen molar-refractivity contribution in [3.63, 3.8) is 0 Å². The minimum absolute atomic E-state index is 0. The van der Waals surface area contributed by atoms with E-state index in [2.05, 4.69) is 29.6 Å². The number of aryl methyl sites for hydroxylation is 1. The molecule has 0 aromatic heterocycles. The van der Waals surface area contributed by atoms with Crippen molar-refractivity contribution in [3.05, 3.63) is 65.2 Å². The summed E-state index contributed by atoms with van der Waals surface area (Å²) in [6.45, 7) is 0.785. The van der Waals surface area contributed by atoms with E-state index in [1.807, 2.05) is 24.3 Å². The van der Waals surface area contributed by atoms with Crippen LogP contribution in [0.1, 0.15) is 54.8 Å². The summed E-state index contributed by atoms with van der Waals surface area (Å²) in [5.74, 6) is 1.36. The number of nitrogens with two attached hydrogens (primary N) is 1. The molecular formula is C23H29ClN2O2. The van der Waals surface area contributed by atoms with Crippen LogP contribution >= 0.6 is 12.4 Å². The fourth-order valence-corrected chi connectivity index (χ4v) is 4.34. The first-order chi connectivity index (χ1) is 13.2. The smallest absolute Gasteiger partial charge is 0.221 e. The molecule has 3 N–H and O–H groups in total. The predicted octanol–water partition coefficient (Wildman–Crippen LogP) is 4.16. The lowest BCUT2D eigenvalue weighted by Gasteiger charge is -2.24. The second kappa shape index (κ2) is 9.44. The van der Waals surface area contributed by atoms with Crippen molar-refractivity contribution >= 4 is 18.3 Å². The molecule has 1 heterocycles. The van der Waals surface area contributed by atoms with E-state index in [1.165, 1.54) is 5.56 Å². The van der Waals surface area contributed by atoms with E-state index in [1.54, 1.807) is 0 Å². The Hall–Kier alpha value is -2.04. The number of hydrogen-bond donors (Lipinski definition) is 2. The molecule has 5 heteroatoms. The van der Waals surface area contributed by atoms with Gasteiger partial charge in [-0.1, -0.05) is 42.8 Å². The predicted molar refractivity (Wildman–Crippen MR) is 114 cm³/mol. The van der Waals surface area contributed by atoms with Gasteiger partial charge in [-0.15, -0.1) is 12.4 Å². The van der Waals surface area contributed by atoms with Crippen LogP contribution < -0.4 is 15.8 Å². The van der Waals surface area contributed by atoms with Crippen LogP contribution in [0.2, 0.25) is 0 Å². The highest BCUT2D eigenvalue weighted by molar-refractivity contribution is 5.85. The van der Waals surface area contributed by atoms with Crippen molar-refractivity contribution in [3.8, 4) is 5.75 Å². The maximum atomic E-state index is 12.8. The fraction of sp³-hybridized carbons (Fsp3) is 0.435. The van der Waals surface area contributed by atoms with Crippen LogP contribution in [-0.4, -0.2) is 18.6 Å². The Labute approximate surface area is 173 Å². The molecular weight excluding hydrogens is 372 g/mol. The molecule has 0 radical (unpaired) electrons. The zero-order chi connectivity index (χ0) is 18.6. The average molecular weight is 401 g/mol. The Morgan fingerprint density at radius 3 is 2.68 bits per heavy atom. The maximum absolute atomic E-state index is 12.8. The van der Waals surface area contributed by atoms with Crippen molar-refractivity contribution in [2.24, 2.45) is 11.7 Å². The molecule has 150 valence electrons. The van der Waals surface area contributed by atoms with Gasteiger partial charge < -0.3 is 15.8 Å². The number of fused-ring (bicyclic) bond motifs is 1. The standard InChI is InChI=1S/C23H28N2O2.ClH/c24-20-10-4-8-17(20)15-22(26)25-23(16-6-2-1-3-7-16)19-11-12-21-18(14-19)9-5-13-27-21;/h1-3,6-7,11-12,14,17,20,23H,4-5,8-10,13,15,24H2,(H,25,26);1H/t17-,20+,23?;/m0./s1. The zero-order valence-corrected chi connectivity index (χ0v) is 16.9. The number of hydrogen-bond acceptors (Lipinski definition) is 3. The monoisotopic (exact) mass is 400 g/mol. The normalized spacial score (nSPS) is 21.8. The third-order valence-corrected chi connectivity index (χ3v) is 5.87. The minimum atomic E-state index is -0.149. The molecule has 2 aromatic carbocycles. The summed E-state index contributed by atoms with van der Waals surface area (Å²) >= 11 is 0. The van der Waals surface area contributed by atoms with Gasteiger partial charge in [0, 0.05) is 12.5 Å². The number of carbonyl (C=O) groups excluding carboxylic acids is 1. The lowest BCUT2D eigenvalue weighted by Crippen LogP contribution is -2.34. The van der Waals surface area contributed by atoms with Crippen LogP contribution in [0.5, 0.6) is 5.75 Å². The summed E-state index contributed by atoms with van der Waals surface area (Å²) < 4.78 is 5.74. The summed E-state index contributed by atoms with van der Waals surface area (Å²) in [7, 11) is 0. The lowest BCUT2D eigenvalue weighted by molar-refractivity contribution is -0.122. The van der Waals surface area contributed by atoms with Gasteiger partial charge in [-0.3, -0.25) is 4.79 Å². The van der Waals surface area contributed by atoms with Crippen molar-refractivity contribution in [2.45, 2.75) is 50.6 Å². The van der Waals surface area contributed by atoms with Gasteiger partial charge in [-0.25, -0.2) is 0 Å². The maximum Gasteiger partial charge on any atom is 0.221 e.